The Morgan fingerprint density at radius 1 is 0.850 bits per heavy atom. The number of rotatable bonds is 9. The highest BCUT2D eigenvalue weighted by molar-refractivity contribution is 6.30. The number of ether oxygens (including phenoxy) is 2. The molecule has 1 unspecified atom stereocenters. The number of hydrogen-bond acceptors (Lipinski definition) is 4. The zero-order chi connectivity index (χ0) is 28.1. The van der Waals surface area contributed by atoms with E-state index < -0.39 is 11.5 Å². The number of esters is 1. The van der Waals surface area contributed by atoms with E-state index in [0.29, 0.717) is 30.2 Å². The summed E-state index contributed by atoms with van der Waals surface area (Å²) < 4.78 is 24.3. The van der Waals surface area contributed by atoms with Crippen molar-refractivity contribution in [2.45, 2.75) is 38.3 Å². The molecular formula is C33H29ClFNO4. The second-order valence-electron chi connectivity index (χ2n) is 9.93. The van der Waals surface area contributed by atoms with Crippen molar-refractivity contribution < 1.29 is 23.5 Å². The lowest BCUT2D eigenvalue weighted by Gasteiger charge is -2.28. The molecule has 204 valence electrons. The third-order valence-corrected chi connectivity index (χ3v) is 7.27. The standard InChI is InChI=1S/C33H29ClFNO4/c1-2-39-32(38)33(19-26-8-7-25(18-27(26)20-33)24-9-11-28(34)12-10-24)36-31(37)17-22-5-15-30(16-6-22)40-21-23-3-13-29(35)14-4-23/h3-16,18H,2,17,19-21H2,1H3,(H,36,37). The Balaban J connectivity index is 1.25. The number of fused-ring (bicyclic) bond motifs is 1. The molecule has 0 spiro atoms. The normalized spacial score (nSPS) is 15.8. The van der Waals surface area contributed by atoms with E-state index in [1.54, 1.807) is 31.2 Å². The molecule has 5 rings (SSSR count). The Morgan fingerprint density at radius 3 is 2.20 bits per heavy atom. The summed E-state index contributed by atoms with van der Waals surface area (Å²) in [6, 6.07) is 27.0. The first kappa shape index (κ1) is 27.4. The van der Waals surface area contributed by atoms with Gasteiger partial charge in [-0.1, -0.05) is 66.2 Å². The fourth-order valence-electron chi connectivity index (χ4n) is 5.00. The fourth-order valence-corrected chi connectivity index (χ4v) is 5.12. The zero-order valence-corrected chi connectivity index (χ0v) is 22.8. The zero-order valence-electron chi connectivity index (χ0n) is 22.1. The van der Waals surface area contributed by atoms with Gasteiger partial charge in [0.25, 0.3) is 0 Å². The quantitative estimate of drug-likeness (QED) is 0.239. The number of hydrogen-bond donors (Lipinski definition) is 1. The molecule has 0 heterocycles. The Kier molecular flexibility index (Phi) is 8.17. The minimum atomic E-state index is -1.16. The number of benzene rings is 4. The molecule has 0 radical (unpaired) electrons. The average molecular weight is 558 g/mol. The van der Waals surface area contributed by atoms with E-state index in [9.17, 15) is 14.0 Å². The van der Waals surface area contributed by atoms with Gasteiger partial charge < -0.3 is 14.8 Å². The Bertz CT molecular complexity index is 1500. The van der Waals surface area contributed by atoms with Crippen molar-refractivity contribution in [1.82, 2.24) is 5.32 Å². The SMILES string of the molecule is CCOC(=O)C1(NC(=O)Cc2ccc(OCc3ccc(F)cc3)cc2)Cc2ccc(-c3ccc(Cl)cc3)cc2C1. The van der Waals surface area contributed by atoms with E-state index in [2.05, 4.69) is 11.4 Å². The second-order valence-corrected chi connectivity index (χ2v) is 10.4. The molecule has 1 amide bonds. The molecule has 0 saturated carbocycles. The van der Waals surface area contributed by atoms with Crippen molar-refractivity contribution in [3.8, 4) is 16.9 Å². The lowest BCUT2D eigenvalue weighted by molar-refractivity contribution is -0.153. The Labute approximate surface area is 237 Å². The van der Waals surface area contributed by atoms with E-state index in [1.165, 1.54) is 12.1 Å². The minimum Gasteiger partial charge on any atom is -0.489 e. The summed E-state index contributed by atoms with van der Waals surface area (Å²) in [5, 5.41) is 3.68. The maximum Gasteiger partial charge on any atom is 0.332 e. The number of nitrogens with one attached hydrogen (secondary N) is 1. The number of amides is 1. The van der Waals surface area contributed by atoms with Crippen LogP contribution in [0.5, 0.6) is 5.75 Å². The van der Waals surface area contributed by atoms with Gasteiger partial charge in [-0.05, 0) is 76.7 Å². The molecule has 7 heteroatoms. The van der Waals surface area contributed by atoms with Gasteiger partial charge in [0.05, 0.1) is 13.0 Å². The van der Waals surface area contributed by atoms with Crippen molar-refractivity contribution in [3.05, 3.63) is 124 Å². The van der Waals surface area contributed by atoms with Crippen molar-refractivity contribution >= 4 is 23.5 Å². The second kappa shape index (κ2) is 11.9. The molecule has 4 aromatic rings. The molecule has 1 N–H and O–H groups in total. The van der Waals surface area contributed by atoms with Gasteiger partial charge in [0.2, 0.25) is 5.91 Å². The van der Waals surface area contributed by atoms with Gasteiger partial charge in [-0.3, -0.25) is 4.79 Å². The third kappa shape index (κ3) is 6.35. The van der Waals surface area contributed by atoms with Gasteiger partial charge in [-0.15, -0.1) is 0 Å². The minimum absolute atomic E-state index is 0.103. The topological polar surface area (TPSA) is 64.6 Å². The number of carbonyl (C=O) groups is 2. The fraction of sp³-hybridized carbons (Fsp3) is 0.212. The lowest BCUT2D eigenvalue weighted by atomic mass is 9.95. The van der Waals surface area contributed by atoms with Crippen molar-refractivity contribution in [1.29, 1.82) is 0 Å². The van der Waals surface area contributed by atoms with Crippen molar-refractivity contribution in [3.63, 3.8) is 0 Å². The van der Waals surface area contributed by atoms with Crippen LogP contribution in [0.2, 0.25) is 5.02 Å². The third-order valence-electron chi connectivity index (χ3n) is 7.02. The van der Waals surface area contributed by atoms with Crippen LogP contribution in [0.15, 0.2) is 91.0 Å². The molecular weight excluding hydrogens is 529 g/mol. The van der Waals surface area contributed by atoms with Gasteiger partial charge in [0, 0.05) is 17.9 Å². The average Bonchev–Trinajstić information content (AvgIpc) is 3.32. The van der Waals surface area contributed by atoms with Crippen LogP contribution in [0.4, 0.5) is 4.39 Å². The van der Waals surface area contributed by atoms with Crippen LogP contribution in [-0.2, 0) is 40.2 Å². The van der Waals surface area contributed by atoms with E-state index >= 15 is 0 Å². The predicted octanol–water partition coefficient (Wildman–Crippen LogP) is 6.48. The largest absolute Gasteiger partial charge is 0.489 e. The summed E-state index contributed by atoms with van der Waals surface area (Å²) >= 11 is 6.04. The number of halogens is 2. The Hall–Kier alpha value is -4.16. The molecule has 4 aromatic carbocycles. The van der Waals surface area contributed by atoms with Gasteiger partial charge >= 0.3 is 5.97 Å². The van der Waals surface area contributed by atoms with Crippen LogP contribution in [0.3, 0.4) is 0 Å². The van der Waals surface area contributed by atoms with Crippen molar-refractivity contribution in [2.24, 2.45) is 0 Å². The molecule has 0 fully saturated rings. The van der Waals surface area contributed by atoms with Gasteiger partial charge in [-0.2, -0.15) is 0 Å². The highest BCUT2D eigenvalue weighted by atomic mass is 35.5. The van der Waals surface area contributed by atoms with Crippen LogP contribution in [0.1, 0.15) is 29.2 Å². The summed E-state index contributed by atoms with van der Waals surface area (Å²) in [4.78, 5) is 26.4. The first-order valence-electron chi connectivity index (χ1n) is 13.2. The first-order chi connectivity index (χ1) is 19.3. The number of carbonyl (C=O) groups excluding carboxylic acids is 2. The molecule has 1 aliphatic rings. The van der Waals surface area contributed by atoms with Gasteiger partial charge in [0.1, 0.15) is 23.7 Å². The predicted molar refractivity (Wildman–Crippen MR) is 153 cm³/mol. The van der Waals surface area contributed by atoms with Crippen LogP contribution >= 0.6 is 11.6 Å². The maximum absolute atomic E-state index is 13.2. The highest BCUT2D eigenvalue weighted by Gasteiger charge is 2.46. The van der Waals surface area contributed by atoms with E-state index in [-0.39, 0.29) is 24.8 Å². The first-order valence-corrected chi connectivity index (χ1v) is 13.5. The maximum atomic E-state index is 13.2. The molecule has 5 nitrogen and oxygen atoms in total. The highest BCUT2D eigenvalue weighted by Crippen LogP contribution is 2.35. The van der Waals surface area contributed by atoms with Crippen LogP contribution in [0.25, 0.3) is 11.1 Å². The molecule has 1 aliphatic carbocycles. The molecule has 1 atom stereocenters. The summed E-state index contributed by atoms with van der Waals surface area (Å²) in [6.07, 6.45) is 0.820. The van der Waals surface area contributed by atoms with Crippen molar-refractivity contribution in [2.75, 3.05) is 6.61 Å². The smallest absolute Gasteiger partial charge is 0.332 e. The summed E-state index contributed by atoms with van der Waals surface area (Å²) in [5.41, 5.74) is 4.53. The molecule has 0 saturated heterocycles. The Morgan fingerprint density at radius 2 is 1.50 bits per heavy atom. The summed E-state index contributed by atoms with van der Waals surface area (Å²) in [6.45, 7) is 2.29. The molecule has 40 heavy (non-hydrogen) atoms. The van der Waals surface area contributed by atoms with Gasteiger partial charge in [0.15, 0.2) is 0 Å². The molecule has 0 bridgehead atoms. The van der Waals surface area contributed by atoms with Gasteiger partial charge in [-0.25, -0.2) is 9.18 Å². The van der Waals surface area contributed by atoms with Crippen LogP contribution in [-0.4, -0.2) is 24.0 Å². The monoisotopic (exact) mass is 557 g/mol. The lowest BCUT2D eigenvalue weighted by Crippen LogP contribution is -2.56. The van der Waals surface area contributed by atoms with E-state index in [4.69, 9.17) is 21.1 Å². The summed E-state index contributed by atoms with van der Waals surface area (Å²) in [7, 11) is 0. The van der Waals surface area contributed by atoms with E-state index in [0.717, 1.165) is 33.4 Å². The van der Waals surface area contributed by atoms with E-state index in [1.807, 2.05) is 48.5 Å². The molecule has 0 aromatic heterocycles. The summed E-state index contributed by atoms with van der Waals surface area (Å²) in [5.74, 6) is -0.351. The molecule has 0 aliphatic heterocycles. The van der Waals surface area contributed by atoms with Crippen LogP contribution in [0, 0.1) is 5.82 Å². The van der Waals surface area contributed by atoms with Crippen LogP contribution < -0.4 is 10.1 Å².